The van der Waals surface area contributed by atoms with E-state index in [2.05, 4.69) is 28.2 Å². The lowest BCUT2D eigenvalue weighted by Crippen LogP contribution is -2.30. The molecule has 0 saturated carbocycles. The van der Waals surface area contributed by atoms with Crippen LogP contribution in [0.25, 0.3) is 0 Å². The Hall–Kier alpha value is -0.410. The first-order chi connectivity index (χ1) is 6.74. The van der Waals surface area contributed by atoms with E-state index in [1.807, 2.05) is 0 Å². The molecule has 0 radical (unpaired) electrons. The fraction of sp³-hybridized carbons (Fsp3) is 0.455. The Balaban J connectivity index is 2.55. The average molecular weight is 258 g/mol. The molecule has 3 heteroatoms. The van der Waals surface area contributed by atoms with Crippen molar-refractivity contribution in [1.82, 2.24) is 5.32 Å². The van der Waals surface area contributed by atoms with Gasteiger partial charge in [0, 0.05) is 10.5 Å². The second-order valence-corrected chi connectivity index (χ2v) is 4.44. The van der Waals surface area contributed by atoms with Gasteiger partial charge in [0.15, 0.2) is 0 Å². The summed E-state index contributed by atoms with van der Waals surface area (Å²) in [6.07, 6.45) is 1.78. The van der Waals surface area contributed by atoms with Gasteiger partial charge in [-0.05, 0) is 42.6 Å². The van der Waals surface area contributed by atoms with Crippen LogP contribution in [0.3, 0.4) is 0 Å². The standard InChI is InChI=1S/C11H13BrFN/c1-2-10-11-7(5-6-14-10)9(13)4-3-8(11)12/h3-4,10,14H,2,5-6H2,1H3. The first kappa shape index (κ1) is 10.1. The van der Waals surface area contributed by atoms with Crippen LogP contribution in [0.4, 0.5) is 4.39 Å². The third kappa shape index (κ3) is 1.59. The molecule has 0 fully saturated rings. The molecule has 14 heavy (non-hydrogen) atoms. The molecule has 76 valence electrons. The molecular formula is C11H13BrFN. The molecule has 0 aromatic heterocycles. The maximum Gasteiger partial charge on any atom is 0.126 e. The van der Waals surface area contributed by atoms with Gasteiger partial charge >= 0.3 is 0 Å². The lowest BCUT2D eigenvalue weighted by atomic mass is 9.92. The summed E-state index contributed by atoms with van der Waals surface area (Å²) in [5, 5.41) is 3.40. The zero-order valence-corrected chi connectivity index (χ0v) is 9.70. The van der Waals surface area contributed by atoms with E-state index in [-0.39, 0.29) is 5.82 Å². The van der Waals surface area contributed by atoms with E-state index in [4.69, 9.17) is 0 Å². The Kier molecular flexibility index (Phi) is 2.88. The molecule has 0 saturated heterocycles. The van der Waals surface area contributed by atoms with Gasteiger partial charge in [0.1, 0.15) is 5.82 Å². The number of halogens is 2. The van der Waals surface area contributed by atoms with E-state index >= 15 is 0 Å². The van der Waals surface area contributed by atoms with Crippen LogP contribution >= 0.6 is 15.9 Å². The van der Waals surface area contributed by atoms with E-state index in [9.17, 15) is 4.39 Å². The van der Waals surface area contributed by atoms with Crippen molar-refractivity contribution in [3.05, 3.63) is 33.5 Å². The summed E-state index contributed by atoms with van der Waals surface area (Å²) in [6.45, 7) is 2.99. The van der Waals surface area contributed by atoms with Crippen LogP contribution in [0.1, 0.15) is 30.5 Å². The van der Waals surface area contributed by atoms with Crippen LogP contribution in [0.2, 0.25) is 0 Å². The normalized spacial score (nSPS) is 20.6. The number of fused-ring (bicyclic) bond motifs is 1. The number of hydrogen-bond donors (Lipinski definition) is 1. The summed E-state index contributed by atoms with van der Waals surface area (Å²) < 4.78 is 14.5. The van der Waals surface area contributed by atoms with Gasteiger partial charge in [0.25, 0.3) is 0 Å². The molecule has 1 nitrogen and oxygen atoms in total. The van der Waals surface area contributed by atoms with Crippen molar-refractivity contribution >= 4 is 15.9 Å². The van der Waals surface area contributed by atoms with Gasteiger partial charge in [0.2, 0.25) is 0 Å². The van der Waals surface area contributed by atoms with Crippen LogP contribution < -0.4 is 5.32 Å². The molecule has 0 aliphatic carbocycles. The summed E-state index contributed by atoms with van der Waals surface area (Å²) in [5.41, 5.74) is 1.99. The van der Waals surface area contributed by atoms with Crippen molar-refractivity contribution in [3.63, 3.8) is 0 Å². The Morgan fingerprint density at radius 3 is 3.07 bits per heavy atom. The molecule has 1 N–H and O–H groups in total. The van der Waals surface area contributed by atoms with Crippen LogP contribution in [-0.4, -0.2) is 6.54 Å². The summed E-state index contributed by atoms with van der Waals surface area (Å²) in [7, 11) is 0. The predicted octanol–water partition coefficient (Wildman–Crippen LogP) is 3.19. The molecule has 1 aliphatic heterocycles. The van der Waals surface area contributed by atoms with Crippen molar-refractivity contribution in [2.75, 3.05) is 6.54 Å². The molecule has 0 spiro atoms. The highest BCUT2D eigenvalue weighted by Crippen LogP contribution is 2.33. The number of nitrogens with one attached hydrogen (secondary N) is 1. The van der Waals surface area contributed by atoms with Crippen LogP contribution in [-0.2, 0) is 6.42 Å². The molecule has 1 aromatic carbocycles. The highest BCUT2D eigenvalue weighted by atomic mass is 79.9. The van der Waals surface area contributed by atoms with Crippen molar-refractivity contribution < 1.29 is 4.39 Å². The molecule has 0 bridgehead atoms. The van der Waals surface area contributed by atoms with Gasteiger partial charge in [-0.2, -0.15) is 0 Å². The fourth-order valence-electron chi connectivity index (χ4n) is 2.06. The molecule has 1 aliphatic rings. The molecule has 1 atom stereocenters. The summed E-state index contributed by atoms with van der Waals surface area (Å²) in [4.78, 5) is 0. The van der Waals surface area contributed by atoms with Crippen molar-refractivity contribution in [2.24, 2.45) is 0 Å². The number of benzene rings is 1. The van der Waals surface area contributed by atoms with Gasteiger partial charge in [-0.25, -0.2) is 4.39 Å². The minimum absolute atomic E-state index is 0.0665. The number of hydrogen-bond acceptors (Lipinski definition) is 1. The van der Waals surface area contributed by atoms with E-state index in [1.165, 1.54) is 0 Å². The first-order valence-corrected chi connectivity index (χ1v) is 5.73. The quantitative estimate of drug-likeness (QED) is 0.815. The first-order valence-electron chi connectivity index (χ1n) is 4.94. The predicted molar refractivity (Wildman–Crippen MR) is 58.8 cm³/mol. The third-order valence-corrected chi connectivity index (χ3v) is 3.46. The lowest BCUT2D eigenvalue weighted by molar-refractivity contribution is 0.474. The molecule has 1 unspecified atom stereocenters. The van der Waals surface area contributed by atoms with Gasteiger partial charge < -0.3 is 5.32 Å². The van der Waals surface area contributed by atoms with E-state index in [0.717, 1.165) is 35.0 Å². The maximum atomic E-state index is 13.5. The Morgan fingerprint density at radius 1 is 1.57 bits per heavy atom. The van der Waals surface area contributed by atoms with Crippen molar-refractivity contribution in [3.8, 4) is 0 Å². The zero-order valence-electron chi connectivity index (χ0n) is 8.11. The van der Waals surface area contributed by atoms with E-state index in [1.54, 1.807) is 12.1 Å². The topological polar surface area (TPSA) is 12.0 Å². The number of rotatable bonds is 1. The van der Waals surface area contributed by atoms with E-state index < -0.39 is 0 Å². The minimum atomic E-state index is -0.0665. The second kappa shape index (κ2) is 3.99. The fourth-order valence-corrected chi connectivity index (χ4v) is 2.71. The largest absolute Gasteiger partial charge is 0.310 e. The molecule has 2 rings (SSSR count). The zero-order chi connectivity index (χ0) is 10.1. The van der Waals surface area contributed by atoms with Crippen molar-refractivity contribution in [2.45, 2.75) is 25.8 Å². The molecular weight excluding hydrogens is 245 g/mol. The van der Waals surface area contributed by atoms with Gasteiger partial charge in [-0.1, -0.05) is 22.9 Å². The molecule has 0 amide bonds. The van der Waals surface area contributed by atoms with E-state index in [0.29, 0.717) is 6.04 Å². The van der Waals surface area contributed by atoms with Crippen LogP contribution in [0.5, 0.6) is 0 Å². The van der Waals surface area contributed by atoms with Gasteiger partial charge in [0.05, 0.1) is 0 Å². The summed E-state index contributed by atoms with van der Waals surface area (Å²) in [5.74, 6) is -0.0665. The third-order valence-electron chi connectivity index (χ3n) is 2.77. The van der Waals surface area contributed by atoms with Crippen LogP contribution in [0.15, 0.2) is 16.6 Å². The minimum Gasteiger partial charge on any atom is -0.310 e. The Bertz CT molecular complexity index is 351. The van der Waals surface area contributed by atoms with Crippen LogP contribution in [0, 0.1) is 5.82 Å². The average Bonchev–Trinajstić information content (AvgIpc) is 2.23. The highest BCUT2D eigenvalue weighted by molar-refractivity contribution is 9.10. The molecule has 1 aromatic rings. The monoisotopic (exact) mass is 257 g/mol. The summed E-state index contributed by atoms with van der Waals surface area (Å²) in [6, 6.07) is 3.63. The maximum absolute atomic E-state index is 13.5. The summed E-state index contributed by atoms with van der Waals surface area (Å²) >= 11 is 3.49. The lowest BCUT2D eigenvalue weighted by Gasteiger charge is -2.27. The SMILES string of the molecule is CCC1NCCc2c(F)ccc(Br)c21. The Labute approximate surface area is 91.8 Å². The second-order valence-electron chi connectivity index (χ2n) is 3.59. The van der Waals surface area contributed by atoms with Gasteiger partial charge in [-0.15, -0.1) is 0 Å². The highest BCUT2D eigenvalue weighted by Gasteiger charge is 2.22. The molecule has 1 heterocycles. The Morgan fingerprint density at radius 2 is 2.36 bits per heavy atom. The smallest absolute Gasteiger partial charge is 0.126 e. The van der Waals surface area contributed by atoms with Crippen molar-refractivity contribution in [1.29, 1.82) is 0 Å². The van der Waals surface area contributed by atoms with Gasteiger partial charge in [-0.3, -0.25) is 0 Å².